The number of Topliss-reactive ketones (excluding diaryl/α,β-unsaturated/α-hetero) is 2. The molecule has 8 heterocycles. The summed E-state index contributed by atoms with van der Waals surface area (Å²) in [4.78, 5) is 158. The lowest BCUT2D eigenvalue weighted by molar-refractivity contribution is -0.129. The van der Waals surface area contributed by atoms with Gasteiger partial charge in [-0.05, 0) is 225 Å². The number of carbonyl (C=O) groups is 10. The fourth-order valence-corrected chi connectivity index (χ4v) is 20.8. The normalized spacial score (nSPS) is 17.6. The molecule has 0 aromatic heterocycles. The number of hydrogen-bond acceptors (Lipinski definition) is 21. The Morgan fingerprint density at radius 3 is 1.11 bits per heavy atom. The van der Waals surface area contributed by atoms with Crippen molar-refractivity contribution in [1.29, 1.82) is 0 Å². The monoisotopic (exact) mass is 2010 g/mol. The minimum absolute atomic E-state index is 0.0232. The molecular weight excluding hydrogens is 1900 g/mol. The predicted molar refractivity (Wildman–Crippen MR) is 572 cm³/mol. The minimum Gasteiger partial charge on any atom is -0.493 e. The molecular formula is C113H119N11O16S4. The topological polar surface area (TPSA) is 324 Å². The van der Waals surface area contributed by atoms with Crippen LogP contribution in [0.3, 0.4) is 0 Å². The van der Waals surface area contributed by atoms with Crippen LogP contribution in [0.2, 0.25) is 0 Å². The summed E-state index contributed by atoms with van der Waals surface area (Å²) in [6.45, 7) is 18.8. The summed E-state index contributed by atoms with van der Waals surface area (Å²) >= 11 is 10.9. The smallest absolute Gasteiger partial charge is 0.261 e. The molecule has 10 aromatic carbocycles. The number of methoxy groups -OCH3 is 2. The fraction of sp³-hybridized carbons (Fsp3) is 0.354. The van der Waals surface area contributed by atoms with Gasteiger partial charge in [0.1, 0.15) is 37.9 Å². The highest BCUT2D eigenvalue weighted by Gasteiger charge is 2.43. The molecule has 10 atom stereocenters. The Hall–Kier alpha value is -13.8. The lowest BCUT2D eigenvalue weighted by Crippen LogP contribution is -2.40. The van der Waals surface area contributed by atoms with Gasteiger partial charge in [-0.15, -0.1) is 18.9 Å². The van der Waals surface area contributed by atoms with E-state index in [1.165, 1.54) is 12.7 Å². The van der Waals surface area contributed by atoms with Crippen molar-refractivity contribution in [3.8, 4) is 34.5 Å². The fourth-order valence-electron chi connectivity index (χ4n) is 19.5. The van der Waals surface area contributed by atoms with Gasteiger partial charge in [0.15, 0.2) is 34.6 Å². The number of rotatable bonds is 34. The van der Waals surface area contributed by atoms with Crippen molar-refractivity contribution in [3.63, 3.8) is 0 Å². The number of fused-ring (bicyclic) bond motifs is 16. The van der Waals surface area contributed by atoms with E-state index in [-0.39, 0.29) is 164 Å². The van der Waals surface area contributed by atoms with E-state index >= 15 is 0 Å². The van der Waals surface area contributed by atoms with E-state index in [0.717, 1.165) is 69.0 Å². The van der Waals surface area contributed by atoms with Gasteiger partial charge in [0.25, 0.3) is 23.6 Å². The average Bonchev–Trinajstić information content (AvgIpc) is 1.62. The SMILES string of the molecule is COc1cc2c(cc1OCc1cc(COc3cc4c(cc3C)C(=O)N3c5ccccc5C[C@H]3C=N4)cc(NC(=O)[C@H](C)CC(=O)[C@H](C)NC(=O)CCC(C)(C)S(C)=S)c1)CC[C@@H]1Cc3ccccc3N1C2=O.COc1cc2c(cc1OCc1cc(COc3cc4c(cc3C)C(=O)N3c5ccccc5C[C@H]3C=N4)cc(NC(=O)[C@H](C)CC(=O)[C@H](C)NC(=O)CCC(C)(C)S(C)=S)c1)N=C[C@@H]1Cc3ccccc3N1C2=O. The van der Waals surface area contributed by atoms with Crippen LogP contribution in [0, 0.1) is 25.7 Å². The van der Waals surface area contributed by atoms with Crippen LogP contribution in [0.4, 0.5) is 51.2 Å². The number of amides is 8. The zero-order valence-electron chi connectivity index (χ0n) is 83.3. The Bertz CT molecular complexity index is 6990. The first-order chi connectivity index (χ1) is 68.9. The number of ketones is 2. The van der Waals surface area contributed by atoms with Gasteiger partial charge in [-0.2, -0.15) is 0 Å². The second-order valence-corrected chi connectivity index (χ2v) is 46.6. The molecule has 0 fully saturated rings. The van der Waals surface area contributed by atoms with Crippen molar-refractivity contribution in [2.45, 2.75) is 218 Å². The number of carbonyl (C=O) groups excluding carboxylic acids is 10. The van der Waals surface area contributed by atoms with Crippen LogP contribution < -0.4 is 69.3 Å². The Balaban J connectivity index is 0.000000198. The van der Waals surface area contributed by atoms with Gasteiger partial charge in [-0.25, -0.2) is 0 Å². The predicted octanol–water partition coefficient (Wildman–Crippen LogP) is 18.3. The van der Waals surface area contributed by atoms with E-state index in [0.29, 0.717) is 146 Å². The quantitative estimate of drug-likeness (QED) is 0.0291. The molecule has 746 valence electrons. The number of benzene rings is 10. The van der Waals surface area contributed by atoms with Gasteiger partial charge in [-0.1, -0.05) is 137 Å². The number of nitrogens with one attached hydrogen (secondary N) is 4. The molecule has 10 aromatic rings. The van der Waals surface area contributed by atoms with Gasteiger partial charge in [0, 0.05) is 149 Å². The summed E-state index contributed by atoms with van der Waals surface area (Å²) in [5.41, 5.74) is 17.6. The number of hydrogen-bond donors (Lipinski definition) is 4. The molecule has 0 radical (unpaired) electrons. The highest BCUT2D eigenvalue weighted by Crippen LogP contribution is 2.47. The highest BCUT2D eigenvalue weighted by molar-refractivity contribution is 8.29. The molecule has 0 saturated carbocycles. The van der Waals surface area contributed by atoms with Crippen LogP contribution in [-0.2, 0) is 129 Å². The molecule has 0 spiro atoms. The first-order valence-electron chi connectivity index (χ1n) is 48.7. The van der Waals surface area contributed by atoms with Gasteiger partial charge in [0.2, 0.25) is 23.6 Å². The average molecular weight is 2020 g/mol. The number of anilines is 6. The molecule has 8 aliphatic heterocycles. The van der Waals surface area contributed by atoms with Crippen LogP contribution in [0.5, 0.6) is 34.5 Å². The third-order valence-electron chi connectivity index (χ3n) is 28.4. The first kappa shape index (κ1) is 102. The molecule has 27 nitrogen and oxygen atoms in total. The second kappa shape index (κ2) is 43.0. The molecule has 8 amide bonds. The van der Waals surface area contributed by atoms with E-state index in [4.69, 9.17) is 65.8 Å². The van der Waals surface area contributed by atoms with Crippen molar-refractivity contribution in [1.82, 2.24) is 10.6 Å². The van der Waals surface area contributed by atoms with Crippen molar-refractivity contribution in [3.05, 3.63) is 265 Å². The van der Waals surface area contributed by atoms with Gasteiger partial charge in [-0.3, -0.25) is 77.6 Å². The number of ether oxygens (including phenoxy) is 6. The zero-order chi connectivity index (χ0) is 102. The minimum atomic E-state index is -0.778. The lowest BCUT2D eigenvalue weighted by Gasteiger charge is -2.24. The summed E-state index contributed by atoms with van der Waals surface area (Å²) in [5.74, 6) is -0.980. The largest absolute Gasteiger partial charge is 0.493 e. The number of nitrogens with zero attached hydrogens (tertiary/aromatic N) is 7. The maximum atomic E-state index is 14.1. The molecule has 8 aliphatic rings. The Kier molecular flexibility index (Phi) is 30.4. The van der Waals surface area contributed by atoms with E-state index < -0.39 is 23.9 Å². The Morgan fingerprint density at radius 1 is 0.410 bits per heavy atom. The Morgan fingerprint density at radius 2 is 0.736 bits per heavy atom. The van der Waals surface area contributed by atoms with Crippen LogP contribution in [0.25, 0.3) is 0 Å². The summed E-state index contributed by atoms with van der Waals surface area (Å²) in [6.07, 6.45) is 15.3. The van der Waals surface area contributed by atoms with Gasteiger partial charge < -0.3 is 54.6 Å². The van der Waals surface area contributed by atoms with Crippen molar-refractivity contribution < 1.29 is 76.4 Å². The molecule has 0 saturated heterocycles. The molecule has 0 bridgehead atoms. The second-order valence-electron chi connectivity index (χ2n) is 39.6. The summed E-state index contributed by atoms with van der Waals surface area (Å²) in [6, 6.07) is 55.0. The summed E-state index contributed by atoms with van der Waals surface area (Å²) < 4.78 is 37.1. The van der Waals surface area contributed by atoms with Crippen molar-refractivity contribution in [2.24, 2.45) is 26.8 Å². The highest BCUT2D eigenvalue weighted by atomic mass is 32.8. The summed E-state index contributed by atoms with van der Waals surface area (Å²) in [5, 5.41) is 11.6. The summed E-state index contributed by atoms with van der Waals surface area (Å²) in [7, 11) is 2.48. The van der Waals surface area contributed by atoms with Crippen molar-refractivity contribution in [2.75, 3.05) is 57.0 Å². The molecule has 144 heavy (non-hydrogen) atoms. The van der Waals surface area contributed by atoms with Gasteiger partial charge >= 0.3 is 0 Å². The number of aryl methyl sites for hydroxylation is 3. The third-order valence-corrected chi connectivity index (χ3v) is 34.6. The van der Waals surface area contributed by atoms with E-state index in [1.54, 1.807) is 88.4 Å². The van der Waals surface area contributed by atoms with Crippen LogP contribution in [0.15, 0.2) is 197 Å². The molecule has 2 unspecified atom stereocenters. The zero-order valence-corrected chi connectivity index (χ0v) is 86.5. The van der Waals surface area contributed by atoms with Crippen LogP contribution in [0.1, 0.15) is 203 Å². The lowest BCUT2D eigenvalue weighted by atomic mass is 9.99. The van der Waals surface area contributed by atoms with Crippen LogP contribution >= 0.6 is 0 Å². The Labute approximate surface area is 853 Å². The third kappa shape index (κ3) is 22.1. The van der Waals surface area contributed by atoms with E-state index in [1.807, 2.05) is 215 Å². The first-order valence-corrected chi connectivity index (χ1v) is 53.8. The molecule has 4 N–H and O–H groups in total. The van der Waals surface area contributed by atoms with Crippen LogP contribution in [-0.4, -0.2) is 150 Å². The molecule has 31 heteroatoms. The number of para-hydroxylation sites is 4. The van der Waals surface area contributed by atoms with Crippen molar-refractivity contribution >= 4 is 170 Å². The van der Waals surface area contributed by atoms with E-state index in [9.17, 15) is 47.9 Å². The molecule has 0 aliphatic carbocycles. The molecule has 18 rings (SSSR count). The maximum absolute atomic E-state index is 14.1. The van der Waals surface area contributed by atoms with Gasteiger partial charge in [0.05, 0.1) is 78.2 Å². The standard InChI is InChI=1S/C57H61N5O8S2.C56H58N6O8S2/c1-33-20-45-46(58-30-43-26-40-13-9-11-15-48(40)62(43)56(45)67)29-50(33)69-31-36-22-37(24-41(23-36)60-54(65)34(2)21-49(63)35(3)59-53(64)18-19-57(4,5)72(7)71)32-70-52-27-38-16-17-42-25-39-12-8-10-14-47(39)61(42)55(66)44(38)28-51(52)68-6;1-32-18-42-44(57-28-40-23-37-12-8-10-14-46(37)61(40)54(42)66)26-49(32)69-30-35-20-36(22-39(21-35)60-53(65)33(2)19-48(63)34(3)59-52(64)16-17-56(4,5)72(7)71)31-70-51-27-45-43(25-50(51)68-6)55(67)62-41(29-58-45)24-38-13-9-11-15-47(38)62/h8-15,20,22-24,27-30,34-35,42-43H,16-19,21,25-26,31-32H2,1-7H3,(H,59,64)(H,60,65);8-15,18,20-22,25-29,33-34,40-41H,16-17,19,23-24,30-31H2,1-7H3,(H,59,64)(H,60,65)/t34-,35+,42-,43+,72?;33-,34+,40+,41+,72?/m11/s1. The number of aliphatic imine (C=N–C) groups is 3. The van der Waals surface area contributed by atoms with E-state index in [2.05, 4.69) is 27.3 Å². The maximum Gasteiger partial charge on any atom is 0.261 e.